The van der Waals surface area contributed by atoms with Crippen molar-refractivity contribution in [3.8, 4) is 0 Å². The van der Waals surface area contributed by atoms with Crippen LogP contribution in [0.5, 0.6) is 0 Å². The number of rotatable bonds is 1. The summed E-state index contributed by atoms with van der Waals surface area (Å²) in [6.07, 6.45) is 0. The van der Waals surface area contributed by atoms with Gasteiger partial charge in [0.25, 0.3) is 11.5 Å². The van der Waals surface area contributed by atoms with Crippen LogP contribution in [-0.2, 0) is 11.5 Å². The number of nitrogens with one attached hydrogen (secondary N) is 1. The fourth-order valence-corrected chi connectivity index (χ4v) is 4.53. The van der Waals surface area contributed by atoms with Crippen LogP contribution in [0.4, 0.5) is 11.4 Å². The van der Waals surface area contributed by atoms with E-state index in [0.29, 0.717) is 28.2 Å². The predicted molar refractivity (Wildman–Crippen MR) is 105 cm³/mol. The second-order valence-corrected chi connectivity index (χ2v) is 7.62. The van der Waals surface area contributed by atoms with E-state index in [2.05, 4.69) is 10.3 Å². The number of para-hydroxylation sites is 1. The van der Waals surface area contributed by atoms with Crippen LogP contribution in [0.15, 0.2) is 58.3 Å². The van der Waals surface area contributed by atoms with Gasteiger partial charge in [-0.3, -0.25) is 14.2 Å². The van der Waals surface area contributed by atoms with E-state index in [9.17, 15) is 9.59 Å². The van der Waals surface area contributed by atoms with Crippen LogP contribution in [0.1, 0.15) is 11.1 Å². The van der Waals surface area contributed by atoms with Crippen molar-refractivity contribution in [2.45, 2.75) is 13.6 Å². The number of nitrogens with zero attached hydrogens (tertiary/aromatic N) is 3. The smallest absolute Gasteiger partial charge is 0.272 e. The van der Waals surface area contributed by atoms with Gasteiger partial charge >= 0.3 is 0 Å². The average molecular weight is 376 g/mol. The molecule has 0 unspecified atom stereocenters. The zero-order chi connectivity index (χ0) is 18.5. The molecule has 1 aromatic heterocycles. The van der Waals surface area contributed by atoms with Crippen molar-refractivity contribution >= 4 is 34.2 Å². The number of fused-ring (bicyclic) bond motifs is 2. The summed E-state index contributed by atoms with van der Waals surface area (Å²) >= 11 is 1.29. The lowest BCUT2D eigenvalue weighted by Gasteiger charge is -2.25. The largest absolute Gasteiger partial charge is 0.334 e. The zero-order valence-corrected chi connectivity index (χ0v) is 15.4. The van der Waals surface area contributed by atoms with E-state index in [4.69, 9.17) is 0 Å². The number of aryl methyl sites for hydroxylation is 1. The molecular formula is C20H16N4O2S. The van der Waals surface area contributed by atoms with Gasteiger partial charge in [0.05, 0.1) is 5.57 Å². The van der Waals surface area contributed by atoms with Crippen molar-refractivity contribution in [3.05, 3.63) is 79.3 Å². The second kappa shape index (κ2) is 5.92. The summed E-state index contributed by atoms with van der Waals surface area (Å²) in [6, 6.07) is 15.6. The Morgan fingerprint density at radius 1 is 1.11 bits per heavy atom. The van der Waals surface area contributed by atoms with Gasteiger partial charge in [0.1, 0.15) is 17.9 Å². The van der Waals surface area contributed by atoms with Crippen LogP contribution in [-0.4, -0.2) is 17.1 Å². The maximum atomic E-state index is 13.1. The molecular weight excluding hydrogens is 360 g/mol. The summed E-state index contributed by atoms with van der Waals surface area (Å²) in [6.45, 7) is 2.88. The maximum absolute atomic E-state index is 13.1. The average Bonchev–Trinajstić information content (AvgIpc) is 3.18. The minimum atomic E-state index is -0.230. The number of hydrogen-bond donors (Lipinski definition) is 1. The molecule has 1 amide bonds. The quantitative estimate of drug-likeness (QED) is 0.699. The van der Waals surface area contributed by atoms with E-state index >= 15 is 0 Å². The molecule has 134 valence electrons. The van der Waals surface area contributed by atoms with Gasteiger partial charge in [0, 0.05) is 16.9 Å². The molecule has 2 aromatic carbocycles. The summed E-state index contributed by atoms with van der Waals surface area (Å²) < 4.78 is 2.09. The Balaban J connectivity index is 1.68. The fourth-order valence-electron chi connectivity index (χ4n) is 3.47. The van der Waals surface area contributed by atoms with E-state index in [-0.39, 0.29) is 11.5 Å². The van der Waals surface area contributed by atoms with Gasteiger partial charge in [0.15, 0.2) is 4.80 Å². The minimum absolute atomic E-state index is 0.168. The molecule has 0 bridgehead atoms. The van der Waals surface area contributed by atoms with Crippen LogP contribution in [0, 0.1) is 6.92 Å². The lowest BCUT2D eigenvalue weighted by atomic mass is 10.1. The molecule has 0 radical (unpaired) electrons. The first-order valence-corrected chi connectivity index (χ1v) is 9.44. The summed E-state index contributed by atoms with van der Waals surface area (Å²) in [5.41, 5.74) is 3.88. The molecule has 2 aliphatic rings. The lowest BCUT2D eigenvalue weighted by Crippen LogP contribution is -2.43. The maximum Gasteiger partial charge on any atom is 0.272 e. The van der Waals surface area contributed by atoms with Crippen LogP contribution >= 0.6 is 11.3 Å². The van der Waals surface area contributed by atoms with Crippen LogP contribution in [0.2, 0.25) is 0 Å². The Bertz CT molecular complexity index is 1260. The van der Waals surface area contributed by atoms with Gasteiger partial charge in [0.2, 0.25) is 0 Å². The van der Waals surface area contributed by atoms with Crippen LogP contribution in [0.3, 0.4) is 0 Å². The Hall–Kier alpha value is -3.19. The first-order valence-electron chi connectivity index (χ1n) is 8.62. The number of anilines is 2. The van der Waals surface area contributed by atoms with Crippen molar-refractivity contribution < 1.29 is 4.79 Å². The summed E-state index contributed by atoms with van der Waals surface area (Å²) in [7, 11) is 0. The molecule has 0 spiro atoms. The molecule has 5 rings (SSSR count). The number of benzene rings is 2. The fraction of sp³-hybridized carbons (Fsp3) is 0.150. The van der Waals surface area contributed by atoms with Gasteiger partial charge in [-0.15, -0.1) is 0 Å². The molecule has 3 aromatic rings. The van der Waals surface area contributed by atoms with Crippen LogP contribution in [0.25, 0.3) is 5.57 Å². The monoisotopic (exact) mass is 376 g/mol. The van der Waals surface area contributed by atoms with Crippen LogP contribution < -0.4 is 25.1 Å². The molecule has 0 fully saturated rings. The molecule has 3 heterocycles. The standard InChI is InChI=1S/C20H16N4O2S/c1-12-7-8-15-14(9-12)16(18(25)22-15)17-19(26)24-11-23(10-21-20(24)27-17)13-5-3-2-4-6-13/h2-9H,10-11H2,1H3,(H,22,25)/b17-16-. The number of carbonyl (C=O) groups excluding carboxylic acids is 1. The first-order chi connectivity index (χ1) is 13.1. The lowest BCUT2D eigenvalue weighted by molar-refractivity contribution is -0.110. The van der Waals surface area contributed by atoms with Crippen molar-refractivity contribution in [3.63, 3.8) is 0 Å². The second-order valence-electron chi connectivity index (χ2n) is 6.64. The SMILES string of the molecule is Cc1ccc2c(c1)/C(=c1/sc3n(c1=O)CN(c1ccccc1)CN=3)C(=O)N2. The topological polar surface area (TPSA) is 66.7 Å². The zero-order valence-electron chi connectivity index (χ0n) is 14.6. The van der Waals surface area contributed by atoms with Crippen molar-refractivity contribution in [2.24, 2.45) is 4.99 Å². The predicted octanol–water partition coefficient (Wildman–Crippen LogP) is 1.42. The number of thiazole rings is 1. The van der Waals surface area contributed by atoms with Crippen molar-refractivity contribution in [1.82, 2.24) is 4.57 Å². The molecule has 0 saturated heterocycles. The molecule has 7 heteroatoms. The minimum Gasteiger partial charge on any atom is -0.334 e. The molecule has 1 N–H and O–H groups in total. The van der Waals surface area contributed by atoms with Crippen molar-refractivity contribution in [1.29, 1.82) is 0 Å². The highest BCUT2D eigenvalue weighted by molar-refractivity contribution is 7.07. The van der Waals surface area contributed by atoms with Crippen molar-refractivity contribution in [2.75, 3.05) is 16.9 Å². The van der Waals surface area contributed by atoms with Gasteiger partial charge in [-0.2, -0.15) is 0 Å². The highest BCUT2D eigenvalue weighted by atomic mass is 32.1. The molecule has 0 atom stereocenters. The van der Waals surface area contributed by atoms with E-state index < -0.39 is 0 Å². The molecule has 2 aliphatic heterocycles. The molecule has 0 saturated carbocycles. The summed E-state index contributed by atoms with van der Waals surface area (Å²) in [4.78, 5) is 32.9. The summed E-state index contributed by atoms with van der Waals surface area (Å²) in [5, 5.41) is 2.86. The number of aromatic nitrogens is 1. The molecule has 0 aliphatic carbocycles. The van der Waals surface area contributed by atoms with E-state index in [0.717, 1.165) is 22.5 Å². The number of amides is 1. The Kier molecular flexibility index (Phi) is 3.51. The van der Waals surface area contributed by atoms with Gasteiger partial charge in [-0.1, -0.05) is 41.2 Å². The third-order valence-corrected chi connectivity index (χ3v) is 5.94. The first kappa shape index (κ1) is 16.0. The molecule has 27 heavy (non-hydrogen) atoms. The van der Waals surface area contributed by atoms with Gasteiger partial charge < -0.3 is 10.2 Å². The van der Waals surface area contributed by atoms with E-state index in [1.807, 2.05) is 60.4 Å². The Morgan fingerprint density at radius 3 is 2.74 bits per heavy atom. The van der Waals surface area contributed by atoms with Gasteiger partial charge in [-0.05, 0) is 31.2 Å². The molecule has 6 nitrogen and oxygen atoms in total. The third-order valence-electron chi connectivity index (χ3n) is 4.82. The highest BCUT2D eigenvalue weighted by Crippen LogP contribution is 2.30. The highest BCUT2D eigenvalue weighted by Gasteiger charge is 2.28. The number of carbonyl (C=O) groups is 1. The normalized spacial score (nSPS) is 17.2. The van der Waals surface area contributed by atoms with Gasteiger partial charge in [-0.25, -0.2) is 4.99 Å². The Labute approximate surface area is 158 Å². The third kappa shape index (κ3) is 2.50. The summed E-state index contributed by atoms with van der Waals surface area (Å²) in [5.74, 6) is -0.230. The number of hydrogen-bond acceptors (Lipinski definition) is 5. The van der Waals surface area contributed by atoms with E-state index in [1.54, 1.807) is 4.57 Å². The Morgan fingerprint density at radius 2 is 1.93 bits per heavy atom. The van der Waals surface area contributed by atoms with E-state index in [1.165, 1.54) is 11.3 Å².